The van der Waals surface area contributed by atoms with Gasteiger partial charge in [0, 0.05) is 17.6 Å². The molecule has 1 heterocycles. The summed E-state index contributed by atoms with van der Waals surface area (Å²) in [6, 6.07) is 11.7. The molecule has 0 spiro atoms. The molecule has 5 rings (SSSR count). The third kappa shape index (κ3) is 4.85. The molecule has 2 aromatic rings. The van der Waals surface area contributed by atoms with Gasteiger partial charge in [-0.1, -0.05) is 23.7 Å². The van der Waals surface area contributed by atoms with Crippen molar-refractivity contribution in [3.05, 3.63) is 64.7 Å². The van der Waals surface area contributed by atoms with Crippen molar-refractivity contribution in [1.82, 2.24) is 10.2 Å². The molecule has 2 aromatic carbocycles. The third-order valence-electron chi connectivity index (χ3n) is 7.12. The van der Waals surface area contributed by atoms with Crippen LogP contribution < -0.4 is 10.1 Å². The van der Waals surface area contributed by atoms with E-state index in [1.165, 1.54) is 12.1 Å². The largest absolute Gasteiger partial charge is 0.476 e. The van der Waals surface area contributed by atoms with Crippen molar-refractivity contribution >= 4 is 23.4 Å². The molecule has 186 valence electrons. The van der Waals surface area contributed by atoms with Gasteiger partial charge in [0.2, 0.25) is 11.5 Å². The number of carbonyl (C=O) groups excluding carboxylic acids is 2. The number of rotatable bonds is 6. The first-order chi connectivity index (χ1) is 16.6. The van der Waals surface area contributed by atoms with Crippen LogP contribution in [0.25, 0.3) is 0 Å². The number of likely N-dealkylation sites (tertiary alicyclic amines) is 1. The Morgan fingerprint density at radius 3 is 2.23 bits per heavy atom. The second-order valence-electron chi connectivity index (χ2n) is 9.79. The van der Waals surface area contributed by atoms with E-state index >= 15 is 0 Å². The van der Waals surface area contributed by atoms with Gasteiger partial charge in [0.25, 0.3) is 5.91 Å². The molecule has 2 amide bonds. The van der Waals surface area contributed by atoms with Crippen LogP contribution in [-0.4, -0.2) is 41.4 Å². The maximum atomic E-state index is 13.7. The standard InChI is InChI=1S/C26H26ClF3N2O3/c27-19-6-2-17(3-7-19)24(13-14-24)23(34)32-15-1-12-25(16-32,22(33)31-20-8-9-20)35-21-10-4-18(5-11-21)26(28,29)30/h2-7,10-11,20H,1,8-9,12-16H2,(H,31,33). The van der Waals surface area contributed by atoms with Gasteiger partial charge in [-0.05, 0) is 80.5 Å². The van der Waals surface area contributed by atoms with E-state index in [2.05, 4.69) is 5.32 Å². The summed E-state index contributed by atoms with van der Waals surface area (Å²) in [4.78, 5) is 28.8. The molecular weight excluding hydrogens is 481 g/mol. The summed E-state index contributed by atoms with van der Waals surface area (Å²) in [5, 5.41) is 3.57. The predicted octanol–water partition coefficient (Wildman–Crippen LogP) is 5.11. The van der Waals surface area contributed by atoms with Gasteiger partial charge in [-0.2, -0.15) is 13.2 Å². The van der Waals surface area contributed by atoms with Crippen LogP contribution in [0.15, 0.2) is 48.5 Å². The van der Waals surface area contributed by atoms with Gasteiger partial charge in [-0.15, -0.1) is 0 Å². The van der Waals surface area contributed by atoms with Crippen molar-refractivity contribution in [2.24, 2.45) is 0 Å². The Balaban J connectivity index is 1.40. The van der Waals surface area contributed by atoms with E-state index in [1.807, 2.05) is 12.1 Å². The average molecular weight is 507 g/mol. The molecule has 1 aliphatic heterocycles. The molecule has 0 aromatic heterocycles. The van der Waals surface area contributed by atoms with Crippen LogP contribution >= 0.6 is 11.6 Å². The van der Waals surface area contributed by atoms with Crippen molar-refractivity contribution in [2.45, 2.75) is 61.8 Å². The zero-order valence-electron chi connectivity index (χ0n) is 19.0. The Labute approximate surface area is 206 Å². The van der Waals surface area contributed by atoms with Crippen LogP contribution in [0.3, 0.4) is 0 Å². The molecular formula is C26H26ClF3N2O3. The number of carbonyl (C=O) groups is 2. The number of benzene rings is 2. The number of nitrogens with one attached hydrogen (secondary N) is 1. The van der Waals surface area contributed by atoms with E-state index in [0.29, 0.717) is 37.3 Å². The lowest BCUT2D eigenvalue weighted by atomic mass is 9.88. The molecule has 9 heteroatoms. The van der Waals surface area contributed by atoms with E-state index < -0.39 is 22.8 Å². The van der Waals surface area contributed by atoms with Crippen molar-refractivity contribution in [1.29, 1.82) is 0 Å². The van der Waals surface area contributed by atoms with E-state index in [4.69, 9.17) is 16.3 Å². The fourth-order valence-electron chi connectivity index (χ4n) is 4.81. The molecule has 5 nitrogen and oxygen atoms in total. The monoisotopic (exact) mass is 506 g/mol. The quantitative estimate of drug-likeness (QED) is 0.592. The first-order valence-corrected chi connectivity index (χ1v) is 12.2. The molecule has 2 aliphatic carbocycles. The minimum Gasteiger partial charge on any atom is -0.476 e. The first kappa shape index (κ1) is 24.0. The molecule has 3 aliphatic rings. The lowest BCUT2D eigenvalue weighted by molar-refractivity contribution is -0.149. The highest BCUT2D eigenvalue weighted by atomic mass is 35.5. The number of nitrogens with zero attached hydrogens (tertiary/aromatic N) is 1. The highest BCUT2D eigenvalue weighted by molar-refractivity contribution is 6.30. The summed E-state index contributed by atoms with van der Waals surface area (Å²) in [7, 11) is 0. The summed E-state index contributed by atoms with van der Waals surface area (Å²) in [6.07, 6.45) is -0.371. The average Bonchev–Trinajstić information content (AvgIpc) is 3.75. The minimum atomic E-state index is -4.46. The Morgan fingerprint density at radius 1 is 1.00 bits per heavy atom. The number of hydrogen-bond donors (Lipinski definition) is 1. The van der Waals surface area contributed by atoms with Crippen LogP contribution in [-0.2, 0) is 21.2 Å². The normalized spacial score (nSPS) is 23.5. The number of amides is 2. The molecule has 1 atom stereocenters. The summed E-state index contributed by atoms with van der Waals surface area (Å²) in [5.41, 5.74) is -1.89. The molecule has 0 bridgehead atoms. The number of alkyl halides is 3. The summed E-state index contributed by atoms with van der Waals surface area (Å²) >= 11 is 6.02. The van der Waals surface area contributed by atoms with Gasteiger partial charge in [0.05, 0.1) is 17.5 Å². The maximum Gasteiger partial charge on any atom is 0.416 e. The van der Waals surface area contributed by atoms with Gasteiger partial charge >= 0.3 is 6.18 Å². The second kappa shape index (κ2) is 8.73. The highest BCUT2D eigenvalue weighted by Gasteiger charge is 2.56. The Hall–Kier alpha value is -2.74. The molecule has 35 heavy (non-hydrogen) atoms. The van der Waals surface area contributed by atoms with Gasteiger partial charge in [-0.25, -0.2) is 0 Å². The predicted molar refractivity (Wildman–Crippen MR) is 124 cm³/mol. The van der Waals surface area contributed by atoms with Crippen molar-refractivity contribution in [2.75, 3.05) is 13.1 Å². The fraction of sp³-hybridized carbons (Fsp3) is 0.462. The van der Waals surface area contributed by atoms with Gasteiger partial charge < -0.3 is 15.0 Å². The highest BCUT2D eigenvalue weighted by Crippen LogP contribution is 2.50. The smallest absolute Gasteiger partial charge is 0.416 e. The summed E-state index contributed by atoms with van der Waals surface area (Å²) in [6.45, 7) is 0.531. The van der Waals surface area contributed by atoms with Gasteiger partial charge in [-0.3, -0.25) is 9.59 Å². The van der Waals surface area contributed by atoms with E-state index in [0.717, 1.165) is 30.5 Å². The first-order valence-electron chi connectivity index (χ1n) is 11.8. The fourth-order valence-corrected chi connectivity index (χ4v) is 4.94. The SMILES string of the molecule is O=C(NC1CC1)C1(Oc2ccc(C(F)(F)F)cc2)CCCN(C(=O)C2(c3ccc(Cl)cc3)CC2)C1. The second-order valence-corrected chi connectivity index (χ2v) is 10.2. The van der Waals surface area contributed by atoms with Crippen molar-refractivity contribution in [3.8, 4) is 5.75 Å². The Bertz CT molecular complexity index is 1110. The van der Waals surface area contributed by atoms with Crippen LogP contribution in [0, 0.1) is 0 Å². The van der Waals surface area contributed by atoms with Gasteiger partial charge in [0.1, 0.15) is 5.75 Å². The topological polar surface area (TPSA) is 58.6 Å². The van der Waals surface area contributed by atoms with E-state index in [-0.39, 0.29) is 30.2 Å². The Morgan fingerprint density at radius 2 is 1.66 bits per heavy atom. The lowest BCUT2D eigenvalue weighted by Crippen LogP contribution is -2.62. The molecule has 2 saturated carbocycles. The molecule has 0 radical (unpaired) electrons. The van der Waals surface area contributed by atoms with Crippen LogP contribution in [0.5, 0.6) is 5.75 Å². The van der Waals surface area contributed by atoms with Crippen molar-refractivity contribution < 1.29 is 27.5 Å². The zero-order chi connectivity index (χ0) is 24.8. The number of hydrogen-bond acceptors (Lipinski definition) is 3. The van der Waals surface area contributed by atoms with Crippen molar-refractivity contribution in [3.63, 3.8) is 0 Å². The molecule has 1 N–H and O–H groups in total. The zero-order valence-corrected chi connectivity index (χ0v) is 19.8. The van der Waals surface area contributed by atoms with Crippen LogP contribution in [0.4, 0.5) is 13.2 Å². The molecule has 1 saturated heterocycles. The van der Waals surface area contributed by atoms with E-state index in [9.17, 15) is 22.8 Å². The number of ether oxygens (including phenoxy) is 1. The number of piperidine rings is 1. The van der Waals surface area contributed by atoms with Gasteiger partial charge in [0.15, 0.2) is 0 Å². The molecule has 3 fully saturated rings. The third-order valence-corrected chi connectivity index (χ3v) is 7.37. The van der Waals surface area contributed by atoms with Crippen LogP contribution in [0.2, 0.25) is 5.02 Å². The Kier molecular flexibility index (Phi) is 5.98. The minimum absolute atomic E-state index is 0.0424. The van der Waals surface area contributed by atoms with E-state index in [1.54, 1.807) is 17.0 Å². The molecule has 1 unspecified atom stereocenters. The number of halogens is 4. The maximum absolute atomic E-state index is 13.7. The summed E-state index contributed by atoms with van der Waals surface area (Å²) < 4.78 is 45.1. The lowest BCUT2D eigenvalue weighted by Gasteiger charge is -2.42. The van der Waals surface area contributed by atoms with Crippen LogP contribution in [0.1, 0.15) is 49.7 Å². The summed E-state index contributed by atoms with van der Waals surface area (Å²) in [5.74, 6) is -0.218.